The van der Waals surface area contributed by atoms with Crippen LogP contribution in [0.5, 0.6) is 0 Å². The molecular weight excluding hydrogens is 320 g/mol. The molecule has 2 rings (SSSR count). The lowest BCUT2D eigenvalue weighted by Crippen LogP contribution is -2.15. The van der Waals surface area contributed by atoms with Crippen LogP contribution in [0.4, 0.5) is 0 Å². The zero-order chi connectivity index (χ0) is 18.1. The largest absolute Gasteiger partial charge is 0.393 e. The van der Waals surface area contributed by atoms with Crippen molar-refractivity contribution in [3.05, 3.63) is 71.8 Å². The predicted octanol–water partition coefficient (Wildman–Crippen LogP) is 3.38. The van der Waals surface area contributed by atoms with Crippen molar-refractivity contribution in [1.29, 1.82) is 0 Å². The molecule has 0 fully saturated rings. The normalized spacial score (nSPS) is 10.1. The summed E-state index contributed by atoms with van der Waals surface area (Å²) < 4.78 is 4.64. The molecule has 128 valence electrons. The maximum atomic E-state index is 11.9. The molecule has 0 radical (unpaired) electrons. The third-order valence-electron chi connectivity index (χ3n) is 3.53. The molecule has 0 aromatic heterocycles. The first-order valence-electron chi connectivity index (χ1n) is 7.96. The van der Waals surface area contributed by atoms with Gasteiger partial charge in [-0.3, -0.25) is 19.2 Å². The van der Waals surface area contributed by atoms with E-state index in [1.165, 1.54) is 0 Å². The molecule has 5 nitrogen and oxygen atoms in total. The minimum absolute atomic E-state index is 0.0287. The van der Waals surface area contributed by atoms with Gasteiger partial charge in [0, 0.05) is 24.0 Å². The molecule has 0 saturated heterocycles. The van der Waals surface area contributed by atoms with Crippen molar-refractivity contribution >= 4 is 23.5 Å². The zero-order valence-electron chi connectivity index (χ0n) is 13.6. The first-order chi connectivity index (χ1) is 12.1. The van der Waals surface area contributed by atoms with Gasteiger partial charge in [0.05, 0.1) is 12.8 Å². The smallest absolute Gasteiger partial charge is 0.313 e. The summed E-state index contributed by atoms with van der Waals surface area (Å²) in [4.78, 5) is 47.0. The van der Waals surface area contributed by atoms with Gasteiger partial charge in [0.1, 0.15) is 0 Å². The molecule has 5 heteroatoms. The average molecular weight is 338 g/mol. The maximum Gasteiger partial charge on any atom is 0.313 e. The van der Waals surface area contributed by atoms with Crippen molar-refractivity contribution in [3.63, 3.8) is 0 Å². The summed E-state index contributed by atoms with van der Waals surface area (Å²) in [6.07, 6.45) is -0.406. The van der Waals surface area contributed by atoms with E-state index in [-0.39, 0.29) is 37.2 Å². The average Bonchev–Trinajstić information content (AvgIpc) is 2.65. The number of esters is 2. The number of ketones is 2. The van der Waals surface area contributed by atoms with Crippen LogP contribution in [0.15, 0.2) is 60.7 Å². The highest BCUT2D eigenvalue weighted by Gasteiger charge is 2.15. The van der Waals surface area contributed by atoms with Gasteiger partial charge in [-0.2, -0.15) is 0 Å². The van der Waals surface area contributed by atoms with Crippen LogP contribution < -0.4 is 0 Å². The molecule has 0 saturated carbocycles. The maximum absolute atomic E-state index is 11.9. The predicted molar refractivity (Wildman–Crippen MR) is 91.1 cm³/mol. The third-order valence-corrected chi connectivity index (χ3v) is 3.53. The van der Waals surface area contributed by atoms with Gasteiger partial charge in [-0.05, 0) is 0 Å². The molecular formula is C20H18O5. The number of hydrogen-bond donors (Lipinski definition) is 0. The van der Waals surface area contributed by atoms with Gasteiger partial charge < -0.3 is 4.74 Å². The van der Waals surface area contributed by atoms with Crippen molar-refractivity contribution in [2.75, 3.05) is 0 Å². The molecule has 0 N–H and O–H groups in total. The fraction of sp³-hybridized carbons (Fsp3) is 0.200. The van der Waals surface area contributed by atoms with Crippen LogP contribution in [0, 0.1) is 0 Å². The minimum atomic E-state index is -0.763. The summed E-state index contributed by atoms with van der Waals surface area (Å²) in [5.74, 6) is -1.91. The van der Waals surface area contributed by atoms with Gasteiger partial charge in [-0.25, -0.2) is 0 Å². The van der Waals surface area contributed by atoms with E-state index in [1.807, 2.05) is 0 Å². The highest BCUT2D eigenvalue weighted by atomic mass is 16.6. The Balaban J connectivity index is 1.70. The molecule has 0 aliphatic carbocycles. The van der Waals surface area contributed by atoms with Crippen LogP contribution in [0.25, 0.3) is 0 Å². The number of benzene rings is 2. The molecule has 0 bridgehead atoms. The van der Waals surface area contributed by atoms with Crippen molar-refractivity contribution < 1.29 is 23.9 Å². The van der Waals surface area contributed by atoms with Crippen LogP contribution in [-0.2, 0) is 14.3 Å². The van der Waals surface area contributed by atoms with Crippen LogP contribution >= 0.6 is 0 Å². The summed E-state index contributed by atoms with van der Waals surface area (Å²) in [6.45, 7) is 0. The Labute approximate surface area is 145 Å². The second-order valence-corrected chi connectivity index (χ2v) is 5.42. The molecule has 0 spiro atoms. The molecule has 0 atom stereocenters. The molecule has 0 amide bonds. The Kier molecular flexibility index (Phi) is 6.77. The molecule has 0 aliphatic heterocycles. The number of ether oxygens (including phenoxy) is 1. The first-order valence-corrected chi connectivity index (χ1v) is 7.96. The van der Waals surface area contributed by atoms with E-state index in [0.717, 1.165) is 0 Å². The molecule has 2 aromatic carbocycles. The Morgan fingerprint density at radius 2 is 0.920 bits per heavy atom. The summed E-state index contributed by atoms with van der Waals surface area (Å²) >= 11 is 0. The van der Waals surface area contributed by atoms with E-state index in [1.54, 1.807) is 60.7 Å². The van der Waals surface area contributed by atoms with Gasteiger partial charge in [0.2, 0.25) is 0 Å². The summed E-state index contributed by atoms with van der Waals surface area (Å²) in [5.41, 5.74) is 1.02. The molecule has 25 heavy (non-hydrogen) atoms. The first kappa shape index (κ1) is 18.3. The van der Waals surface area contributed by atoms with Gasteiger partial charge in [-0.1, -0.05) is 60.7 Å². The highest BCUT2D eigenvalue weighted by Crippen LogP contribution is 2.08. The van der Waals surface area contributed by atoms with Crippen molar-refractivity contribution in [2.45, 2.75) is 25.7 Å². The van der Waals surface area contributed by atoms with E-state index >= 15 is 0 Å². The van der Waals surface area contributed by atoms with Crippen LogP contribution in [0.3, 0.4) is 0 Å². The zero-order valence-corrected chi connectivity index (χ0v) is 13.6. The van der Waals surface area contributed by atoms with E-state index in [9.17, 15) is 19.2 Å². The van der Waals surface area contributed by atoms with E-state index in [4.69, 9.17) is 0 Å². The standard InChI is InChI=1S/C20H18O5/c21-17(15-7-3-1-4-8-15)11-13-19(23)25-20(24)14-12-18(22)16-9-5-2-6-10-16/h1-10H,11-14H2. The summed E-state index contributed by atoms with van der Waals surface area (Å²) in [7, 11) is 0. The molecule has 0 aliphatic rings. The summed E-state index contributed by atoms with van der Waals surface area (Å²) in [5, 5.41) is 0. The Hall–Kier alpha value is -3.08. The van der Waals surface area contributed by atoms with Gasteiger partial charge in [0.15, 0.2) is 11.6 Å². The fourth-order valence-electron chi connectivity index (χ4n) is 2.20. The lowest BCUT2D eigenvalue weighted by molar-refractivity contribution is -0.159. The van der Waals surface area contributed by atoms with Gasteiger partial charge >= 0.3 is 11.9 Å². The summed E-state index contributed by atoms with van der Waals surface area (Å²) in [6, 6.07) is 17.2. The number of carbonyl (C=O) groups excluding carboxylic acids is 4. The Morgan fingerprint density at radius 3 is 1.28 bits per heavy atom. The van der Waals surface area contributed by atoms with Crippen molar-refractivity contribution in [1.82, 2.24) is 0 Å². The van der Waals surface area contributed by atoms with Gasteiger partial charge in [-0.15, -0.1) is 0 Å². The van der Waals surface area contributed by atoms with Crippen LogP contribution in [-0.4, -0.2) is 23.5 Å². The second kappa shape index (κ2) is 9.27. The van der Waals surface area contributed by atoms with Crippen molar-refractivity contribution in [2.24, 2.45) is 0 Å². The van der Waals surface area contributed by atoms with Crippen molar-refractivity contribution in [3.8, 4) is 0 Å². The SMILES string of the molecule is O=C(CCC(=O)c1ccccc1)OC(=O)CCC(=O)c1ccccc1. The number of hydrogen-bond acceptors (Lipinski definition) is 5. The lowest BCUT2D eigenvalue weighted by atomic mass is 10.1. The topological polar surface area (TPSA) is 77.5 Å². The minimum Gasteiger partial charge on any atom is -0.393 e. The fourth-order valence-corrected chi connectivity index (χ4v) is 2.20. The molecule has 0 unspecified atom stereocenters. The number of carbonyl (C=O) groups is 4. The van der Waals surface area contributed by atoms with Gasteiger partial charge in [0.25, 0.3) is 0 Å². The lowest BCUT2D eigenvalue weighted by Gasteiger charge is -2.03. The quantitative estimate of drug-likeness (QED) is 0.419. The monoisotopic (exact) mass is 338 g/mol. The second-order valence-electron chi connectivity index (χ2n) is 5.42. The Morgan fingerprint density at radius 1 is 0.560 bits per heavy atom. The molecule has 0 heterocycles. The van der Waals surface area contributed by atoms with E-state index < -0.39 is 11.9 Å². The highest BCUT2D eigenvalue weighted by molar-refractivity contribution is 5.99. The number of Topliss-reactive ketones (excluding diaryl/α,β-unsaturated/α-hetero) is 2. The third kappa shape index (κ3) is 6.14. The van der Waals surface area contributed by atoms with Crippen LogP contribution in [0.2, 0.25) is 0 Å². The molecule has 2 aromatic rings. The van der Waals surface area contributed by atoms with Crippen LogP contribution in [0.1, 0.15) is 46.4 Å². The van der Waals surface area contributed by atoms with E-state index in [0.29, 0.717) is 11.1 Å². The van der Waals surface area contributed by atoms with E-state index in [2.05, 4.69) is 4.74 Å². The number of rotatable bonds is 8. The Bertz CT molecular complexity index is 685.